The third-order valence-electron chi connectivity index (χ3n) is 4.53. The number of nitrogens with zero attached hydrogens (tertiary/aromatic N) is 1. The molecule has 0 saturated carbocycles. The van der Waals surface area contributed by atoms with Crippen LogP contribution < -0.4 is 0 Å². The first-order valence-electron chi connectivity index (χ1n) is 11.2. The topological polar surface area (TPSA) is 77.4 Å². The SMILES string of the molecule is C#C.C=N/C(CCO/C(C)=C/C=C1\COCC(C(=O)O)C1)=C(/C)OC.CC.Cc1ccccc1. The van der Waals surface area contributed by atoms with E-state index in [4.69, 9.17) is 19.3 Å². The number of hydrogen-bond donors (Lipinski definition) is 1. The quantitative estimate of drug-likeness (QED) is 0.278. The molecule has 1 aromatic rings. The van der Waals surface area contributed by atoms with E-state index in [1.54, 1.807) is 7.11 Å². The summed E-state index contributed by atoms with van der Waals surface area (Å²) in [6.45, 7) is 14.5. The van der Waals surface area contributed by atoms with Crippen LogP contribution in [0.5, 0.6) is 0 Å². The van der Waals surface area contributed by atoms with Gasteiger partial charge in [0.25, 0.3) is 0 Å². The van der Waals surface area contributed by atoms with E-state index in [2.05, 4.69) is 43.6 Å². The monoisotopic (exact) mass is 471 g/mol. The molecule has 188 valence electrons. The average molecular weight is 472 g/mol. The Morgan fingerprint density at radius 3 is 2.35 bits per heavy atom. The number of carboxylic acids is 1. The van der Waals surface area contributed by atoms with E-state index in [0.29, 0.717) is 26.1 Å². The zero-order chi connectivity index (χ0) is 26.4. The highest BCUT2D eigenvalue weighted by atomic mass is 16.5. The first-order valence-corrected chi connectivity index (χ1v) is 11.2. The van der Waals surface area contributed by atoms with Gasteiger partial charge in [0.1, 0.15) is 5.76 Å². The fourth-order valence-electron chi connectivity index (χ4n) is 2.65. The largest absolute Gasteiger partial charge is 0.500 e. The van der Waals surface area contributed by atoms with Gasteiger partial charge in [0.15, 0.2) is 0 Å². The number of aliphatic imine (C=N–C) groups is 1. The number of methoxy groups -OCH3 is 1. The van der Waals surface area contributed by atoms with Crippen molar-refractivity contribution in [1.29, 1.82) is 0 Å². The molecule has 0 aromatic heterocycles. The van der Waals surface area contributed by atoms with Gasteiger partial charge in [0.2, 0.25) is 0 Å². The Hall–Kier alpha value is -3.30. The van der Waals surface area contributed by atoms with E-state index in [1.807, 2.05) is 58.0 Å². The Morgan fingerprint density at radius 1 is 1.26 bits per heavy atom. The van der Waals surface area contributed by atoms with E-state index in [-0.39, 0.29) is 6.61 Å². The number of carboxylic acid groups (broad SMARTS) is 1. The summed E-state index contributed by atoms with van der Waals surface area (Å²) in [6, 6.07) is 10.3. The lowest BCUT2D eigenvalue weighted by Gasteiger charge is -2.20. The molecule has 1 N–H and O–H groups in total. The highest BCUT2D eigenvalue weighted by Gasteiger charge is 2.23. The van der Waals surface area contributed by atoms with Crippen molar-refractivity contribution in [2.45, 2.75) is 47.5 Å². The predicted molar refractivity (Wildman–Crippen MR) is 141 cm³/mol. The fraction of sp³-hybridized carbons (Fsp3) is 0.429. The smallest absolute Gasteiger partial charge is 0.309 e. The van der Waals surface area contributed by atoms with Gasteiger partial charge in [-0.05, 0) is 45.6 Å². The third-order valence-corrected chi connectivity index (χ3v) is 4.53. The van der Waals surface area contributed by atoms with E-state index in [0.717, 1.165) is 22.8 Å². The minimum absolute atomic E-state index is 0.272. The van der Waals surface area contributed by atoms with Gasteiger partial charge >= 0.3 is 5.97 Å². The number of hydrogen-bond acceptors (Lipinski definition) is 5. The second-order valence-electron chi connectivity index (χ2n) is 6.97. The minimum atomic E-state index is -0.822. The number of ether oxygens (including phenoxy) is 3. The van der Waals surface area contributed by atoms with Crippen LogP contribution in [0.1, 0.15) is 46.1 Å². The number of allylic oxidation sites excluding steroid dienone is 4. The molecule has 0 bridgehead atoms. The number of aryl methyl sites for hydroxylation is 1. The van der Waals surface area contributed by atoms with E-state index in [1.165, 1.54) is 5.56 Å². The Labute approximate surface area is 206 Å². The van der Waals surface area contributed by atoms with Gasteiger partial charge in [0.05, 0.1) is 44.3 Å². The average Bonchev–Trinajstić information content (AvgIpc) is 2.88. The van der Waals surface area contributed by atoms with Crippen LogP contribution in [0.2, 0.25) is 0 Å². The van der Waals surface area contributed by atoms with Crippen molar-refractivity contribution in [2.75, 3.05) is 26.9 Å². The lowest BCUT2D eigenvalue weighted by atomic mass is 9.98. The second-order valence-corrected chi connectivity index (χ2v) is 6.97. The molecule has 1 aliphatic rings. The maximum absolute atomic E-state index is 11.0. The lowest BCUT2D eigenvalue weighted by Crippen LogP contribution is -2.26. The third kappa shape index (κ3) is 15.5. The van der Waals surface area contributed by atoms with E-state index < -0.39 is 11.9 Å². The Kier molecular flexibility index (Phi) is 20.8. The first-order chi connectivity index (χ1) is 16.4. The molecular weight excluding hydrogens is 430 g/mol. The van der Waals surface area contributed by atoms with Crippen LogP contribution in [0.15, 0.2) is 70.3 Å². The molecular formula is C28H41NO5. The summed E-state index contributed by atoms with van der Waals surface area (Å²) in [4.78, 5) is 14.9. The first kappa shape index (κ1) is 32.9. The molecule has 6 nitrogen and oxygen atoms in total. The summed E-state index contributed by atoms with van der Waals surface area (Å²) in [5, 5.41) is 9.01. The van der Waals surface area contributed by atoms with E-state index >= 15 is 0 Å². The molecule has 0 radical (unpaired) electrons. The van der Waals surface area contributed by atoms with Gasteiger partial charge in [0, 0.05) is 6.42 Å². The molecule has 34 heavy (non-hydrogen) atoms. The standard InChI is InChI=1S/C17H25NO5.C7H8.C2H6.C2H2/c1-12(23-8-7-16(18-3)13(2)21-4)5-6-14-9-15(17(19)20)11-22-10-14;1-7-5-3-2-4-6-7;2*1-2/h5-6,15H,3,7-11H2,1-2,4H3,(H,19,20);2-6H,1H3;1-2H3;1-2H/b12-5+,14-6-,16-13-;;;. The molecule has 6 heteroatoms. The highest BCUT2D eigenvalue weighted by Crippen LogP contribution is 2.19. The van der Waals surface area contributed by atoms with Gasteiger partial charge in [-0.1, -0.05) is 55.8 Å². The number of rotatable bonds is 8. The van der Waals surface area contributed by atoms with Crippen LogP contribution >= 0.6 is 0 Å². The number of aliphatic carboxylic acids is 1. The summed E-state index contributed by atoms with van der Waals surface area (Å²) >= 11 is 0. The Bertz CT molecular complexity index is 807. The Balaban J connectivity index is 0. The second kappa shape index (κ2) is 21.5. The van der Waals surface area contributed by atoms with Crippen molar-refractivity contribution in [3.8, 4) is 12.8 Å². The van der Waals surface area contributed by atoms with Crippen molar-refractivity contribution in [1.82, 2.24) is 0 Å². The lowest BCUT2D eigenvalue weighted by molar-refractivity contribution is -0.144. The van der Waals surface area contributed by atoms with Gasteiger partial charge in [-0.15, -0.1) is 12.8 Å². The number of benzene rings is 1. The molecule has 1 aliphatic heterocycles. The fourth-order valence-corrected chi connectivity index (χ4v) is 2.65. The molecule has 2 rings (SSSR count). The number of carbonyl (C=O) groups is 1. The molecule has 1 unspecified atom stereocenters. The van der Waals surface area contributed by atoms with Crippen molar-refractivity contribution in [2.24, 2.45) is 10.9 Å². The van der Waals surface area contributed by atoms with Gasteiger partial charge < -0.3 is 19.3 Å². The highest BCUT2D eigenvalue weighted by molar-refractivity contribution is 5.70. The molecule has 0 amide bonds. The predicted octanol–water partition coefficient (Wildman–Crippen LogP) is 6.19. The van der Waals surface area contributed by atoms with Gasteiger partial charge in [-0.25, -0.2) is 0 Å². The van der Waals surface area contributed by atoms with Crippen molar-refractivity contribution in [3.63, 3.8) is 0 Å². The molecule has 1 heterocycles. The van der Waals surface area contributed by atoms with Gasteiger partial charge in [-0.2, -0.15) is 0 Å². The summed E-state index contributed by atoms with van der Waals surface area (Å²) in [5.74, 6) is 0.185. The van der Waals surface area contributed by atoms with Crippen molar-refractivity contribution < 1.29 is 24.1 Å². The zero-order valence-electron chi connectivity index (χ0n) is 21.5. The van der Waals surface area contributed by atoms with Crippen molar-refractivity contribution >= 4 is 12.7 Å². The van der Waals surface area contributed by atoms with Crippen LogP contribution in [-0.4, -0.2) is 44.7 Å². The number of terminal acetylenes is 1. The summed E-state index contributed by atoms with van der Waals surface area (Å²) in [6.07, 6.45) is 12.8. The van der Waals surface area contributed by atoms with Crippen molar-refractivity contribution in [3.05, 3.63) is 70.8 Å². The normalized spacial score (nSPS) is 16.6. The molecule has 0 spiro atoms. The van der Waals surface area contributed by atoms with Crippen LogP contribution in [-0.2, 0) is 19.0 Å². The van der Waals surface area contributed by atoms with Crippen LogP contribution in [0.25, 0.3) is 0 Å². The van der Waals surface area contributed by atoms with Crippen LogP contribution in [0.4, 0.5) is 0 Å². The minimum Gasteiger partial charge on any atom is -0.500 e. The molecule has 1 atom stereocenters. The molecule has 1 saturated heterocycles. The maximum atomic E-state index is 11.0. The summed E-state index contributed by atoms with van der Waals surface area (Å²) < 4.78 is 16.0. The Morgan fingerprint density at radius 2 is 1.88 bits per heavy atom. The maximum Gasteiger partial charge on any atom is 0.309 e. The van der Waals surface area contributed by atoms with Gasteiger partial charge in [-0.3, -0.25) is 9.79 Å². The zero-order valence-corrected chi connectivity index (χ0v) is 21.5. The van der Waals surface area contributed by atoms with Crippen LogP contribution in [0, 0.1) is 25.7 Å². The molecule has 1 aromatic carbocycles. The van der Waals surface area contributed by atoms with E-state index in [9.17, 15) is 4.79 Å². The molecule has 1 fully saturated rings. The molecule has 0 aliphatic carbocycles. The van der Waals surface area contributed by atoms with Crippen LogP contribution in [0.3, 0.4) is 0 Å². The summed E-state index contributed by atoms with van der Waals surface area (Å²) in [5.41, 5.74) is 3.04. The summed E-state index contributed by atoms with van der Waals surface area (Å²) in [7, 11) is 1.59.